The Balaban J connectivity index is 0.000000198. The fourth-order valence-electron chi connectivity index (χ4n) is 4.67. The van der Waals surface area contributed by atoms with E-state index in [4.69, 9.17) is 0 Å². The maximum absolute atomic E-state index is 2.99. The van der Waals surface area contributed by atoms with Gasteiger partial charge in [-0.15, -0.1) is 58.6 Å². The normalized spacial score (nSPS) is 12.3. The van der Waals surface area contributed by atoms with Crippen molar-refractivity contribution in [3.63, 3.8) is 0 Å². The zero-order valence-electron chi connectivity index (χ0n) is 25.2. The fourth-order valence-corrected chi connectivity index (χ4v) is 5.49. The summed E-state index contributed by atoms with van der Waals surface area (Å²) >= 11 is 1.46. The molecule has 0 atom stereocenters. The average molecular weight is 636 g/mol. The van der Waals surface area contributed by atoms with Crippen molar-refractivity contribution in [1.29, 1.82) is 0 Å². The second-order valence-electron chi connectivity index (χ2n) is 12.4. The Morgan fingerprint density at radius 3 is 1.41 bits per heavy atom. The number of hydrogen-bond donors (Lipinski definition) is 0. The fraction of sp³-hybridized carbons (Fsp3) is 0.231. The Hall–Kier alpha value is -2.73. The number of benzene rings is 4. The van der Waals surface area contributed by atoms with E-state index in [2.05, 4.69) is 157 Å². The third-order valence-corrected chi connectivity index (χ3v) is 8.57. The second kappa shape index (κ2) is 14.4. The molecule has 1 aliphatic carbocycles. The van der Waals surface area contributed by atoms with Crippen molar-refractivity contribution in [2.24, 2.45) is 0 Å². The van der Waals surface area contributed by atoms with Crippen LogP contribution in [0.25, 0.3) is 21.5 Å². The molecule has 0 radical (unpaired) electrons. The first-order valence-electron chi connectivity index (χ1n) is 14.1. The van der Waals surface area contributed by atoms with Gasteiger partial charge in [0.05, 0.1) is 0 Å². The first-order valence-corrected chi connectivity index (χ1v) is 15.3. The molecule has 0 amide bonds. The van der Waals surface area contributed by atoms with E-state index in [1.807, 2.05) is 12.2 Å². The average Bonchev–Trinajstić information content (AvgIpc) is 3.64. The summed E-state index contributed by atoms with van der Waals surface area (Å²) in [5, 5.41) is 5.48. The number of halogens is 1. The van der Waals surface area contributed by atoms with Gasteiger partial charge in [0.1, 0.15) is 0 Å². The summed E-state index contributed by atoms with van der Waals surface area (Å²) in [5.74, 6) is 0. The van der Waals surface area contributed by atoms with Crippen LogP contribution in [0.1, 0.15) is 70.2 Å². The van der Waals surface area contributed by atoms with Crippen molar-refractivity contribution in [2.75, 3.05) is 0 Å². The molecule has 0 N–H and O–H groups in total. The maximum atomic E-state index is 2.99. The van der Waals surface area contributed by atoms with E-state index in [0.29, 0.717) is 0 Å². The molecule has 0 bridgehead atoms. The standard InChI is InChI=1S/C21H25.C13H10.C5H5.ClH.Zr/c1-20(2,3)16-7-9-18-14(12-16)11-15-13-17(21(4,5)6)8-10-19(15)18;1-3-7-12(8-4-1)11-13-9-5-2-6-10-13;1-2-4-5-3-1;;/h7-13H,1-6H3;1-10H;1-3H,4H2;1H;/q-1;;-1;;+2. The van der Waals surface area contributed by atoms with Gasteiger partial charge in [0.25, 0.3) is 0 Å². The number of hydrogen-bond acceptors (Lipinski definition) is 0. The predicted molar refractivity (Wildman–Crippen MR) is 179 cm³/mol. The Morgan fingerprint density at radius 2 is 1.10 bits per heavy atom. The summed E-state index contributed by atoms with van der Waals surface area (Å²) in [6, 6.07) is 37.3. The van der Waals surface area contributed by atoms with Crippen LogP contribution in [-0.4, -0.2) is 3.21 Å². The van der Waals surface area contributed by atoms with E-state index in [0.717, 1.165) is 6.42 Å². The molecule has 0 heterocycles. The molecule has 1 aliphatic rings. The van der Waals surface area contributed by atoms with Crippen molar-refractivity contribution in [3.05, 3.63) is 150 Å². The van der Waals surface area contributed by atoms with Crippen molar-refractivity contribution < 1.29 is 24.2 Å². The molecule has 0 spiro atoms. The number of rotatable bonds is 2. The van der Waals surface area contributed by atoms with Crippen LogP contribution in [-0.2, 0) is 35.1 Å². The third-order valence-electron chi connectivity index (χ3n) is 7.15. The second-order valence-corrected chi connectivity index (χ2v) is 13.6. The molecule has 0 fully saturated rings. The van der Waals surface area contributed by atoms with Gasteiger partial charge in [-0.1, -0.05) is 76.9 Å². The van der Waals surface area contributed by atoms with Gasteiger partial charge in [-0.05, 0) is 10.8 Å². The first-order chi connectivity index (χ1) is 19.0. The molecule has 41 heavy (non-hydrogen) atoms. The summed E-state index contributed by atoms with van der Waals surface area (Å²) in [5.41, 5.74) is 5.87. The molecule has 5 aromatic rings. The molecule has 0 nitrogen and oxygen atoms in total. The van der Waals surface area contributed by atoms with E-state index in [9.17, 15) is 0 Å². The Labute approximate surface area is 268 Å². The molecule has 208 valence electrons. The van der Waals surface area contributed by atoms with E-state index in [1.165, 1.54) is 71.2 Å². The van der Waals surface area contributed by atoms with Crippen LogP contribution in [0, 0.1) is 6.08 Å². The summed E-state index contributed by atoms with van der Waals surface area (Å²) in [6.45, 7) is 13.6. The minimum atomic E-state index is 0. The predicted octanol–water partition coefficient (Wildman–Crippen LogP) is 10.8. The molecule has 0 saturated carbocycles. The van der Waals surface area contributed by atoms with Gasteiger partial charge in [0, 0.05) is 0 Å². The molecule has 5 aromatic carbocycles. The Morgan fingerprint density at radius 1 is 0.659 bits per heavy atom. The molecular weight excluding hydrogens is 595 g/mol. The van der Waals surface area contributed by atoms with Gasteiger partial charge in [-0.25, -0.2) is 12.2 Å². The monoisotopic (exact) mass is 634 g/mol. The quantitative estimate of drug-likeness (QED) is 0.169. The molecule has 0 unspecified atom stereocenters. The molecular formula is C39H41ClZr. The molecule has 6 rings (SSSR count). The van der Waals surface area contributed by atoms with Crippen LogP contribution in [0.4, 0.5) is 0 Å². The number of fused-ring (bicyclic) bond motifs is 3. The van der Waals surface area contributed by atoms with Crippen LogP contribution in [0.5, 0.6) is 0 Å². The van der Waals surface area contributed by atoms with Crippen LogP contribution in [0.15, 0.2) is 121 Å². The van der Waals surface area contributed by atoms with Gasteiger partial charge >= 0.3 is 99.2 Å². The summed E-state index contributed by atoms with van der Waals surface area (Å²) in [6.07, 6.45) is 10.0. The SMILES string of the molecule is CC(C)(C)c1ccc2c(c1)[cH-]c1cc(C(C)(C)C)ccc12.Cl.[C-]1=CC=CC1.[Zr+2]=[C](c1ccccc1)c1ccccc1. The van der Waals surface area contributed by atoms with Gasteiger partial charge in [0.2, 0.25) is 0 Å². The molecule has 0 aliphatic heterocycles. The molecule has 2 heteroatoms. The van der Waals surface area contributed by atoms with Gasteiger partial charge in [-0.2, -0.15) is 6.08 Å². The zero-order chi connectivity index (χ0) is 28.8. The van der Waals surface area contributed by atoms with Crippen LogP contribution >= 0.6 is 12.4 Å². The van der Waals surface area contributed by atoms with Crippen LogP contribution in [0.3, 0.4) is 0 Å². The Kier molecular flexibility index (Phi) is 11.5. The van der Waals surface area contributed by atoms with E-state index in [-0.39, 0.29) is 23.2 Å². The van der Waals surface area contributed by atoms with Crippen LogP contribution in [0.2, 0.25) is 0 Å². The van der Waals surface area contributed by atoms with Gasteiger partial charge < -0.3 is 0 Å². The van der Waals surface area contributed by atoms with E-state index in [1.54, 1.807) is 0 Å². The topological polar surface area (TPSA) is 0 Å². The third kappa shape index (κ3) is 8.88. The summed E-state index contributed by atoms with van der Waals surface area (Å²) in [7, 11) is 0. The van der Waals surface area contributed by atoms with E-state index >= 15 is 0 Å². The van der Waals surface area contributed by atoms with Gasteiger partial charge in [0.15, 0.2) is 0 Å². The van der Waals surface area contributed by atoms with Crippen molar-refractivity contribution in [2.45, 2.75) is 58.8 Å². The van der Waals surface area contributed by atoms with Crippen LogP contribution < -0.4 is 0 Å². The Bertz CT molecular complexity index is 1500. The van der Waals surface area contributed by atoms with Crippen molar-refractivity contribution in [3.8, 4) is 0 Å². The summed E-state index contributed by atoms with van der Waals surface area (Å²) < 4.78 is 1.42. The number of allylic oxidation sites excluding steroid dienone is 4. The summed E-state index contributed by atoms with van der Waals surface area (Å²) in [4.78, 5) is 0. The first kappa shape index (κ1) is 32.8. The molecule has 0 saturated heterocycles. The van der Waals surface area contributed by atoms with E-state index < -0.39 is 0 Å². The van der Waals surface area contributed by atoms with Gasteiger partial charge in [-0.3, -0.25) is 6.08 Å². The van der Waals surface area contributed by atoms with Crippen molar-refractivity contribution >= 4 is 37.2 Å². The minimum absolute atomic E-state index is 0. The van der Waals surface area contributed by atoms with Crippen molar-refractivity contribution in [1.82, 2.24) is 0 Å². The zero-order valence-corrected chi connectivity index (χ0v) is 28.4. The molecule has 0 aromatic heterocycles.